The van der Waals surface area contributed by atoms with Gasteiger partial charge in [0.2, 0.25) is 0 Å². The fourth-order valence-electron chi connectivity index (χ4n) is 14.9. The van der Waals surface area contributed by atoms with Gasteiger partial charge < -0.3 is 28.4 Å². The van der Waals surface area contributed by atoms with E-state index in [1.165, 1.54) is 118 Å². The van der Waals surface area contributed by atoms with Crippen molar-refractivity contribution in [2.24, 2.45) is 0 Å². The molecule has 0 bridgehead atoms. The maximum absolute atomic E-state index is 7.58. The van der Waals surface area contributed by atoms with Crippen molar-refractivity contribution in [3.05, 3.63) is 217 Å². The van der Waals surface area contributed by atoms with E-state index in [-0.39, 0.29) is 13.4 Å². The lowest BCUT2D eigenvalue weighted by Crippen LogP contribution is -2.63. The Balaban J connectivity index is 0.899. The molecule has 6 aliphatic rings. The summed E-state index contributed by atoms with van der Waals surface area (Å²) < 4.78 is 21.5. The molecule has 3 aromatic heterocycles. The molecule has 9 heteroatoms. The monoisotopic (exact) mass is 1010 g/mol. The zero-order chi connectivity index (χ0) is 50.0. The van der Waals surface area contributed by atoms with Gasteiger partial charge in [-0.2, -0.15) is 0 Å². The van der Waals surface area contributed by atoms with Crippen LogP contribution in [0.15, 0.2) is 194 Å². The minimum atomic E-state index is -0.111. The number of aromatic nitrogens is 2. The Bertz CT molecular complexity index is 4520. The standard InChI is InChI=1S/C68H48B2N4O2S/c1-3-19-41(20-4-1)71-57-33-17-12-28-50(57)69-51-39-52-61(40-60(51)75-62-37-43(35-58(71)66(62)69)72-53-29-13-7-23-45(53)46-24-8-14-30-54(46)72)76-63-38-44(73-55-31-15-9-25-47(55)48-26-10-16-32-56(48)73)36-59-67(63)70(52)65-49-27-11-18-34-64(49)77-68(65)74(59)42-21-5-2-6-22-42/h1-7,9,11-13,15,17-23,25,27-29,31,33-40H,8,10,14,16,24,26,30,32H2. The Kier molecular flexibility index (Phi) is 8.81. The molecule has 2 aliphatic carbocycles. The highest BCUT2D eigenvalue weighted by atomic mass is 32.1. The van der Waals surface area contributed by atoms with E-state index >= 15 is 0 Å². The molecule has 0 fully saturated rings. The number of hydrogen-bond acceptors (Lipinski definition) is 5. The minimum Gasteiger partial charge on any atom is -0.458 e. The molecule has 0 N–H and O–H groups in total. The first-order valence-corrected chi connectivity index (χ1v) is 28.5. The van der Waals surface area contributed by atoms with Crippen LogP contribution in [0.2, 0.25) is 0 Å². The van der Waals surface area contributed by atoms with Crippen LogP contribution in [-0.4, -0.2) is 22.6 Å². The minimum absolute atomic E-state index is 0.103. The molecule has 0 saturated heterocycles. The van der Waals surface area contributed by atoms with Gasteiger partial charge in [-0.05, 0) is 161 Å². The summed E-state index contributed by atoms with van der Waals surface area (Å²) in [5, 5.41) is 5.26. The van der Waals surface area contributed by atoms with Crippen molar-refractivity contribution >= 4 is 123 Å². The second-order valence-electron chi connectivity index (χ2n) is 21.9. The Morgan fingerprint density at radius 3 is 1.52 bits per heavy atom. The quantitative estimate of drug-likeness (QED) is 0.165. The number of thiophene rings is 1. The van der Waals surface area contributed by atoms with Crippen LogP contribution in [-0.2, 0) is 25.7 Å². The van der Waals surface area contributed by atoms with Gasteiger partial charge in [0.25, 0.3) is 13.4 Å². The van der Waals surface area contributed by atoms with Crippen molar-refractivity contribution in [2.45, 2.75) is 51.4 Å². The van der Waals surface area contributed by atoms with E-state index in [0.717, 1.165) is 88.3 Å². The summed E-state index contributed by atoms with van der Waals surface area (Å²) >= 11 is 1.90. The number of para-hydroxylation sites is 5. The molecule has 364 valence electrons. The zero-order valence-electron chi connectivity index (χ0n) is 42.3. The molecule has 0 saturated carbocycles. The number of benzene rings is 9. The molecule has 12 aromatic rings. The largest absolute Gasteiger partial charge is 0.458 e. The third kappa shape index (κ3) is 5.87. The molecule has 0 unspecified atom stereocenters. The molecule has 6 nitrogen and oxygen atoms in total. The smallest absolute Gasteiger partial charge is 0.258 e. The van der Waals surface area contributed by atoms with Crippen molar-refractivity contribution in [3.8, 4) is 34.4 Å². The fourth-order valence-corrected chi connectivity index (χ4v) is 16.2. The summed E-state index contributed by atoms with van der Waals surface area (Å²) in [5.41, 5.74) is 23.7. The van der Waals surface area contributed by atoms with E-state index in [4.69, 9.17) is 9.47 Å². The van der Waals surface area contributed by atoms with Gasteiger partial charge in [-0.15, -0.1) is 11.3 Å². The van der Waals surface area contributed by atoms with Crippen LogP contribution in [0.25, 0.3) is 43.3 Å². The number of fused-ring (bicyclic) bond motifs is 16. The van der Waals surface area contributed by atoms with Crippen molar-refractivity contribution in [2.75, 3.05) is 9.80 Å². The normalized spacial score (nSPS) is 15.2. The summed E-state index contributed by atoms with van der Waals surface area (Å²) in [5.74, 6) is 3.47. The topological polar surface area (TPSA) is 34.8 Å². The molecule has 0 radical (unpaired) electrons. The van der Waals surface area contributed by atoms with Crippen LogP contribution in [0, 0.1) is 0 Å². The van der Waals surface area contributed by atoms with Crippen LogP contribution in [0.5, 0.6) is 23.0 Å². The second-order valence-corrected chi connectivity index (χ2v) is 23.0. The number of aryl methyl sites for hydroxylation is 2. The lowest BCUT2D eigenvalue weighted by molar-refractivity contribution is 0.465. The Morgan fingerprint density at radius 1 is 0.364 bits per heavy atom. The maximum Gasteiger partial charge on any atom is 0.258 e. The molecular weight excluding hydrogens is 958 g/mol. The van der Waals surface area contributed by atoms with Gasteiger partial charge >= 0.3 is 0 Å². The molecule has 4 aliphatic heterocycles. The van der Waals surface area contributed by atoms with Gasteiger partial charge in [0.1, 0.15) is 23.0 Å². The molecule has 0 spiro atoms. The summed E-state index contributed by atoms with van der Waals surface area (Å²) in [7, 11) is 0. The third-order valence-corrected chi connectivity index (χ3v) is 19.1. The lowest BCUT2D eigenvalue weighted by Gasteiger charge is -2.42. The number of anilines is 6. The van der Waals surface area contributed by atoms with Gasteiger partial charge in [-0.1, -0.05) is 115 Å². The van der Waals surface area contributed by atoms with E-state index in [2.05, 4.69) is 213 Å². The van der Waals surface area contributed by atoms with E-state index in [1.807, 2.05) is 11.3 Å². The van der Waals surface area contributed by atoms with Gasteiger partial charge in [0, 0.05) is 73.5 Å². The summed E-state index contributed by atoms with van der Waals surface area (Å²) in [6.45, 7) is -0.213. The van der Waals surface area contributed by atoms with Crippen LogP contribution >= 0.6 is 11.3 Å². The highest BCUT2D eigenvalue weighted by Gasteiger charge is 2.48. The third-order valence-electron chi connectivity index (χ3n) is 18.0. The molecule has 7 heterocycles. The van der Waals surface area contributed by atoms with Crippen LogP contribution in [0.4, 0.5) is 33.4 Å². The summed E-state index contributed by atoms with van der Waals surface area (Å²) in [4.78, 5) is 5.02. The molecule has 9 aromatic carbocycles. The maximum atomic E-state index is 7.58. The molecule has 77 heavy (non-hydrogen) atoms. The first-order valence-electron chi connectivity index (χ1n) is 27.6. The molecule has 18 rings (SSSR count). The van der Waals surface area contributed by atoms with Gasteiger partial charge in [0.15, 0.2) is 0 Å². The van der Waals surface area contributed by atoms with E-state index in [9.17, 15) is 0 Å². The van der Waals surface area contributed by atoms with Gasteiger partial charge in [0.05, 0.1) is 27.4 Å². The Hall–Kier alpha value is -8.65. The summed E-state index contributed by atoms with van der Waals surface area (Å²) in [6.07, 6.45) is 9.12. The van der Waals surface area contributed by atoms with Crippen LogP contribution < -0.4 is 52.1 Å². The zero-order valence-corrected chi connectivity index (χ0v) is 43.1. The van der Waals surface area contributed by atoms with Crippen molar-refractivity contribution in [1.29, 1.82) is 0 Å². The highest BCUT2D eigenvalue weighted by Crippen LogP contribution is 2.49. The van der Waals surface area contributed by atoms with Crippen LogP contribution in [0.1, 0.15) is 48.2 Å². The highest BCUT2D eigenvalue weighted by molar-refractivity contribution is 7.26. The second kappa shape index (κ2) is 15.9. The number of rotatable bonds is 4. The Morgan fingerprint density at radius 2 is 0.870 bits per heavy atom. The number of hydrogen-bond donors (Lipinski definition) is 0. The van der Waals surface area contributed by atoms with Gasteiger partial charge in [-0.25, -0.2) is 0 Å². The lowest BCUT2D eigenvalue weighted by atomic mass is 9.31. The van der Waals surface area contributed by atoms with E-state index in [1.54, 1.807) is 0 Å². The first kappa shape index (κ1) is 42.6. The van der Waals surface area contributed by atoms with Crippen molar-refractivity contribution in [3.63, 3.8) is 0 Å². The average Bonchev–Trinajstić information content (AvgIpc) is 4.33. The fraction of sp³-hybridized carbons (Fsp3) is 0.118. The van der Waals surface area contributed by atoms with E-state index < -0.39 is 0 Å². The number of ether oxygens (including phenoxy) is 2. The molecule has 0 atom stereocenters. The number of nitrogens with zero attached hydrogens (tertiary/aromatic N) is 4. The summed E-state index contributed by atoms with van der Waals surface area (Å²) in [6, 6.07) is 72.4. The van der Waals surface area contributed by atoms with Crippen molar-refractivity contribution < 1.29 is 9.47 Å². The molecular formula is C68H48B2N4O2S. The van der Waals surface area contributed by atoms with Crippen molar-refractivity contribution in [1.82, 2.24) is 9.13 Å². The molecule has 0 amide bonds. The predicted octanol–water partition coefficient (Wildman–Crippen LogP) is 13.4. The SMILES string of the molecule is c1ccc(N2c3ccccc3B3c4cc5c(cc4Oc4cc(-n6c7c(c8ccccc86)CCCC7)cc2c43)Oc2cc(-n3c4c(c6ccccc63)CCCC4)cc3c2B5c2c(sc4ccccc24)N3c2ccccc2)cc1. The van der Waals surface area contributed by atoms with Gasteiger partial charge in [-0.3, -0.25) is 0 Å². The Labute approximate surface area is 451 Å². The average molecular weight is 1010 g/mol. The predicted molar refractivity (Wildman–Crippen MR) is 320 cm³/mol. The van der Waals surface area contributed by atoms with Crippen LogP contribution in [0.3, 0.4) is 0 Å². The van der Waals surface area contributed by atoms with E-state index in [0.29, 0.717) is 0 Å². The first-order chi connectivity index (χ1) is 38.2.